The van der Waals surface area contributed by atoms with Crippen LogP contribution in [0.4, 0.5) is 0 Å². The predicted octanol–water partition coefficient (Wildman–Crippen LogP) is 1.67. The average molecular weight is 441 g/mol. The minimum absolute atomic E-state index is 0.0262. The van der Waals surface area contributed by atoms with Crippen LogP contribution in [0.5, 0.6) is 0 Å². The van der Waals surface area contributed by atoms with Gasteiger partial charge < -0.3 is 19.7 Å². The van der Waals surface area contributed by atoms with E-state index >= 15 is 0 Å². The van der Waals surface area contributed by atoms with Gasteiger partial charge in [0.1, 0.15) is 0 Å². The van der Waals surface area contributed by atoms with Crippen LogP contribution in [0.3, 0.4) is 0 Å². The summed E-state index contributed by atoms with van der Waals surface area (Å²) in [5, 5.41) is 3.32. The van der Waals surface area contributed by atoms with Gasteiger partial charge in [-0.25, -0.2) is 13.4 Å². The Balaban J connectivity index is 1.92. The van der Waals surface area contributed by atoms with E-state index in [0.29, 0.717) is 39.3 Å². The molecule has 1 aliphatic rings. The van der Waals surface area contributed by atoms with Gasteiger partial charge in [0.15, 0.2) is 5.96 Å². The molecule has 1 aliphatic heterocycles. The molecule has 8 nitrogen and oxygen atoms in total. The number of ether oxygens (including phenoxy) is 2. The van der Waals surface area contributed by atoms with Gasteiger partial charge in [-0.15, -0.1) is 0 Å². The Morgan fingerprint density at radius 3 is 2.33 bits per heavy atom. The van der Waals surface area contributed by atoms with Crippen LogP contribution < -0.4 is 5.32 Å². The van der Waals surface area contributed by atoms with Crippen molar-refractivity contribution in [2.45, 2.75) is 40.0 Å². The molecule has 0 aromatic heterocycles. The minimum atomic E-state index is -3.29. The lowest BCUT2D eigenvalue weighted by Gasteiger charge is -2.36. The number of nitrogens with zero attached hydrogens (tertiary/aromatic N) is 3. The van der Waals surface area contributed by atoms with Gasteiger partial charge in [-0.1, -0.05) is 24.3 Å². The van der Waals surface area contributed by atoms with Crippen LogP contribution in [0.2, 0.25) is 0 Å². The number of hydrogen-bond donors (Lipinski definition) is 1. The van der Waals surface area contributed by atoms with Crippen LogP contribution in [-0.4, -0.2) is 81.9 Å². The monoisotopic (exact) mass is 440 g/mol. The Morgan fingerprint density at radius 1 is 1.13 bits per heavy atom. The molecular formula is C21H36N4O4S. The fourth-order valence-electron chi connectivity index (χ4n) is 3.20. The third-order valence-electron chi connectivity index (χ3n) is 4.80. The molecule has 0 spiro atoms. The standard InChI is InChI=1S/C21H36N4O4S/c1-5-22-21(23-16-19-6-8-20(9-7-19)17-28-4)24-10-12-25(13-11-24)30(26,27)15-14-29-18(2)3/h6-9,18H,5,10-17H2,1-4H3,(H,22,23). The molecule has 0 amide bonds. The zero-order valence-electron chi connectivity index (χ0n) is 18.6. The fourth-order valence-corrected chi connectivity index (χ4v) is 4.48. The van der Waals surface area contributed by atoms with Gasteiger partial charge >= 0.3 is 0 Å². The summed E-state index contributed by atoms with van der Waals surface area (Å²) < 4.78 is 37.2. The number of benzene rings is 1. The minimum Gasteiger partial charge on any atom is -0.380 e. The Bertz CT molecular complexity index is 758. The van der Waals surface area contributed by atoms with Crippen molar-refractivity contribution in [2.24, 2.45) is 4.99 Å². The largest absolute Gasteiger partial charge is 0.380 e. The molecule has 1 fully saturated rings. The Kier molecular flexibility index (Phi) is 10.0. The number of rotatable bonds is 10. The number of hydrogen-bond acceptors (Lipinski definition) is 5. The molecule has 0 atom stereocenters. The Morgan fingerprint density at radius 2 is 1.77 bits per heavy atom. The smallest absolute Gasteiger partial charge is 0.216 e. The SMILES string of the molecule is CCNC(=NCc1ccc(COC)cc1)N1CCN(S(=O)(=O)CCOC(C)C)CC1. The summed E-state index contributed by atoms with van der Waals surface area (Å²) >= 11 is 0. The third-order valence-corrected chi connectivity index (χ3v) is 6.64. The van der Waals surface area contributed by atoms with Crippen molar-refractivity contribution >= 4 is 16.0 Å². The van der Waals surface area contributed by atoms with Crippen molar-refractivity contribution in [1.29, 1.82) is 0 Å². The molecular weight excluding hydrogens is 404 g/mol. The molecule has 1 aromatic carbocycles. The highest BCUT2D eigenvalue weighted by Gasteiger charge is 2.28. The highest BCUT2D eigenvalue weighted by Crippen LogP contribution is 2.11. The number of methoxy groups -OCH3 is 1. The molecule has 1 saturated heterocycles. The quantitative estimate of drug-likeness (QED) is 0.440. The van der Waals surface area contributed by atoms with Crippen LogP contribution in [-0.2, 0) is 32.6 Å². The van der Waals surface area contributed by atoms with Crippen molar-refractivity contribution in [3.05, 3.63) is 35.4 Å². The van der Waals surface area contributed by atoms with Gasteiger partial charge in [0.05, 0.1) is 31.6 Å². The zero-order chi connectivity index (χ0) is 22.0. The average Bonchev–Trinajstić information content (AvgIpc) is 2.72. The van der Waals surface area contributed by atoms with Gasteiger partial charge in [0.2, 0.25) is 10.0 Å². The lowest BCUT2D eigenvalue weighted by atomic mass is 10.1. The summed E-state index contributed by atoms with van der Waals surface area (Å²) in [6.07, 6.45) is 0.0344. The molecule has 9 heteroatoms. The summed E-state index contributed by atoms with van der Waals surface area (Å²) in [7, 11) is -1.61. The maximum atomic E-state index is 12.5. The van der Waals surface area contributed by atoms with Crippen LogP contribution in [0.1, 0.15) is 31.9 Å². The van der Waals surface area contributed by atoms with E-state index in [9.17, 15) is 8.42 Å². The molecule has 0 bridgehead atoms. The first kappa shape index (κ1) is 24.6. The van der Waals surface area contributed by atoms with E-state index in [1.54, 1.807) is 11.4 Å². The summed E-state index contributed by atoms with van der Waals surface area (Å²) in [6, 6.07) is 8.22. The van der Waals surface area contributed by atoms with E-state index in [1.165, 1.54) is 0 Å². The van der Waals surface area contributed by atoms with Gasteiger partial charge in [-0.3, -0.25) is 0 Å². The molecule has 1 N–H and O–H groups in total. The van der Waals surface area contributed by atoms with Gasteiger partial charge in [0.25, 0.3) is 0 Å². The molecule has 0 unspecified atom stereocenters. The van der Waals surface area contributed by atoms with Crippen molar-refractivity contribution < 1.29 is 17.9 Å². The number of aliphatic imine (C=N–C) groups is 1. The molecule has 0 saturated carbocycles. The maximum absolute atomic E-state index is 12.5. The first-order chi connectivity index (χ1) is 14.4. The lowest BCUT2D eigenvalue weighted by molar-refractivity contribution is 0.0904. The van der Waals surface area contributed by atoms with E-state index in [0.717, 1.165) is 23.6 Å². The topological polar surface area (TPSA) is 83.5 Å². The second-order valence-electron chi connectivity index (χ2n) is 7.54. The number of sulfonamides is 1. The van der Waals surface area contributed by atoms with Crippen LogP contribution in [0.25, 0.3) is 0 Å². The second kappa shape index (κ2) is 12.2. The van der Waals surface area contributed by atoms with Crippen molar-refractivity contribution in [3.63, 3.8) is 0 Å². The van der Waals surface area contributed by atoms with Gasteiger partial charge in [-0.05, 0) is 31.9 Å². The Hall–Kier alpha value is -1.68. The maximum Gasteiger partial charge on any atom is 0.216 e. The normalized spacial score (nSPS) is 16.3. The molecule has 0 aliphatic carbocycles. The van der Waals surface area contributed by atoms with Crippen LogP contribution in [0.15, 0.2) is 29.3 Å². The van der Waals surface area contributed by atoms with Gasteiger partial charge in [0, 0.05) is 39.8 Å². The van der Waals surface area contributed by atoms with E-state index in [-0.39, 0.29) is 18.5 Å². The van der Waals surface area contributed by atoms with Crippen LogP contribution >= 0.6 is 0 Å². The molecule has 1 aromatic rings. The molecule has 170 valence electrons. The van der Waals surface area contributed by atoms with Crippen molar-refractivity contribution in [2.75, 3.05) is 52.2 Å². The first-order valence-electron chi connectivity index (χ1n) is 10.5. The van der Waals surface area contributed by atoms with E-state index in [2.05, 4.69) is 22.3 Å². The van der Waals surface area contributed by atoms with Crippen LogP contribution in [0, 0.1) is 0 Å². The van der Waals surface area contributed by atoms with E-state index in [1.807, 2.05) is 32.9 Å². The fraction of sp³-hybridized carbons (Fsp3) is 0.667. The third kappa shape index (κ3) is 7.86. The van der Waals surface area contributed by atoms with Crippen molar-refractivity contribution in [3.8, 4) is 0 Å². The van der Waals surface area contributed by atoms with E-state index < -0.39 is 10.0 Å². The number of piperazine rings is 1. The summed E-state index contributed by atoms with van der Waals surface area (Å²) in [6.45, 7) is 10.1. The zero-order valence-corrected chi connectivity index (χ0v) is 19.5. The summed E-state index contributed by atoms with van der Waals surface area (Å²) in [4.78, 5) is 6.88. The predicted molar refractivity (Wildman–Crippen MR) is 120 cm³/mol. The summed E-state index contributed by atoms with van der Waals surface area (Å²) in [5.41, 5.74) is 2.25. The highest BCUT2D eigenvalue weighted by atomic mass is 32.2. The van der Waals surface area contributed by atoms with Gasteiger partial charge in [-0.2, -0.15) is 4.31 Å². The number of nitrogens with one attached hydrogen (secondary N) is 1. The second-order valence-corrected chi connectivity index (χ2v) is 9.63. The lowest BCUT2D eigenvalue weighted by Crippen LogP contribution is -2.54. The summed E-state index contributed by atoms with van der Waals surface area (Å²) in [5.74, 6) is 0.844. The molecule has 30 heavy (non-hydrogen) atoms. The molecule has 0 radical (unpaired) electrons. The highest BCUT2D eigenvalue weighted by molar-refractivity contribution is 7.89. The molecule has 1 heterocycles. The molecule has 2 rings (SSSR count). The Labute approximate surface area is 181 Å². The van der Waals surface area contributed by atoms with Crippen molar-refractivity contribution in [1.82, 2.24) is 14.5 Å². The van der Waals surface area contributed by atoms with E-state index in [4.69, 9.17) is 14.5 Å². The number of guanidine groups is 1. The first-order valence-corrected chi connectivity index (χ1v) is 12.2.